The minimum absolute atomic E-state index is 0.137. The molecule has 1 aromatic rings. The molecule has 1 aromatic heterocycles. The summed E-state index contributed by atoms with van der Waals surface area (Å²) in [5.74, 6) is 0.662. The van der Waals surface area contributed by atoms with Crippen LogP contribution in [0.15, 0.2) is 9.32 Å². The molecule has 0 bridgehead atoms. The first-order valence-corrected chi connectivity index (χ1v) is 3.36. The van der Waals surface area contributed by atoms with Crippen LogP contribution in [0.3, 0.4) is 0 Å². The maximum atomic E-state index is 10.5. The Balaban J connectivity index is 0.000000371. The van der Waals surface area contributed by atoms with Gasteiger partial charge in [0.1, 0.15) is 5.76 Å². The van der Waals surface area contributed by atoms with Crippen molar-refractivity contribution in [1.82, 2.24) is 5.16 Å². The zero-order valence-electron chi connectivity index (χ0n) is 6.82. The van der Waals surface area contributed by atoms with E-state index in [1.807, 2.05) is 13.8 Å². The third-order valence-electron chi connectivity index (χ3n) is 1.17. The van der Waals surface area contributed by atoms with Gasteiger partial charge in [-0.1, -0.05) is 13.8 Å². The second-order valence-corrected chi connectivity index (χ2v) is 1.71. The second kappa shape index (κ2) is 3.93. The Kier molecular flexibility index (Phi) is 3.54. The molecule has 58 valence electrons. The Morgan fingerprint density at radius 1 is 1.30 bits per heavy atom. The molecule has 0 radical (unpaired) electrons. The molecule has 0 aliphatic carbocycles. The minimum atomic E-state index is -0.137. The maximum absolute atomic E-state index is 10.5. The number of rotatable bonds is 0. The first-order chi connectivity index (χ1) is 4.72. The number of H-pyrrole nitrogens is 1. The Bertz CT molecular complexity index is 234. The summed E-state index contributed by atoms with van der Waals surface area (Å²) in [5.41, 5.74) is 0.521. The zero-order chi connectivity index (χ0) is 8.15. The predicted octanol–water partition coefficient (Wildman–Crippen LogP) is 1.61. The van der Waals surface area contributed by atoms with Crippen molar-refractivity contribution >= 4 is 0 Å². The normalized spacial score (nSPS) is 8.40. The largest absolute Gasteiger partial charge is 0.384 e. The predicted molar refractivity (Wildman–Crippen MR) is 40.2 cm³/mol. The van der Waals surface area contributed by atoms with E-state index in [0.717, 1.165) is 0 Å². The quantitative estimate of drug-likeness (QED) is 0.599. The summed E-state index contributed by atoms with van der Waals surface area (Å²) in [4.78, 5) is 10.5. The van der Waals surface area contributed by atoms with Crippen LogP contribution in [0, 0.1) is 13.8 Å². The number of aryl methyl sites for hydroxylation is 1. The van der Waals surface area contributed by atoms with Crippen LogP contribution in [-0.4, -0.2) is 5.16 Å². The van der Waals surface area contributed by atoms with E-state index in [0.29, 0.717) is 11.3 Å². The molecule has 3 nitrogen and oxygen atoms in total. The van der Waals surface area contributed by atoms with Gasteiger partial charge in [0.25, 0.3) is 5.56 Å². The maximum Gasteiger partial charge on any atom is 0.283 e. The SMILES string of the molecule is CC.Cc1o[nH]c(=O)c1C. The van der Waals surface area contributed by atoms with Gasteiger partial charge in [-0.25, -0.2) is 0 Å². The van der Waals surface area contributed by atoms with E-state index in [1.54, 1.807) is 13.8 Å². The fourth-order valence-corrected chi connectivity index (χ4v) is 0.436. The van der Waals surface area contributed by atoms with Crippen LogP contribution < -0.4 is 5.56 Å². The van der Waals surface area contributed by atoms with Crippen molar-refractivity contribution in [2.24, 2.45) is 0 Å². The molecule has 0 aliphatic heterocycles. The third kappa shape index (κ3) is 1.76. The van der Waals surface area contributed by atoms with E-state index in [2.05, 4.69) is 9.68 Å². The topological polar surface area (TPSA) is 46.0 Å². The monoisotopic (exact) mass is 143 g/mol. The van der Waals surface area contributed by atoms with Crippen LogP contribution >= 0.6 is 0 Å². The van der Waals surface area contributed by atoms with Crippen molar-refractivity contribution in [3.8, 4) is 0 Å². The van der Waals surface area contributed by atoms with Gasteiger partial charge in [-0.05, 0) is 13.8 Å². The van der Waals surface area contributed by atoms with Crippen molar-refractivity contribution in [2.45, 2.75) is 27.7 Å². The van der Waals surface area contributed by atoms with Crippen molar-refractivity contribution in [3.05, 3.63) is 21.7 Å². The molecule has 0 fully saturated rings. The van der Waals surface area contributed by atoms with E-state index in [1.165, 1.54) is 0 Å². The van der Waals surface area contributed by atoms with Crippen LogP contribution in [-0.2, 0) is 0 Å². The number of nitrogens with one attached hydrogen (secondary N) is 1. The van der Waals surface area contributed by atoms with E-state index >= 15 is 0 Å². The summed E-state index contributed by atoms with van der Waals surface area (Å²) in [6.07, 6.45) is 0. The van der Waals surface area contributed by atoms with Crippen LogP contribution in [0.2, 0.25) is 0 Å². The molecule has 0 aromatic carbocycles. The summed E-state index contributed by atoms with van der Waals surface area (Å²) in [7, 11) is 0. The van der Waals surface area contributed by atoms with Crippen molar-refractivity contribution < 1.29 is 4.52 Å². The molecule has 0 saturated carbocycles. The molecular weight excluding hydrogens is 130 g/mol. The molecule has 3 heteroatoms. The van der Waals surface area contributed by atoms with Crippen LogP contribution in [0.4, 0.5) is 0 Å². The van der Waals surface area contributed by atoms with Crippen molar-refractivity contribution in [1.29, 1.82) is 0 Å². The highest BCUT2D eigenvalue weighted by Crippen LogP contribution is 1.95. The molecular formula is C7H13NO2. The van der Waals surface area contributed by atoms with Gasteiger partial charge in [-0.3, -0.25) is 4.79 Å². The van der Waals surface area contributed by atoms with Crippen LogP contribution in [0.5, 0.6) is 0 Å². The van der Waals surface area contributed by atoms with Gasteiger partial charge in [0, 0.05) is 0 Å². The highest BCUT2D eigenvalue weighted by Gasteiger charge is 1.98. The number of hydrogen-bond donors (Lipinski definition) is 1. The van der Waals surface area contributed by atoms with Gasteiger partial charge in [0.2, 0.25) is 0 Å². The fourth-order valence-electron chi connectivity index (χ4n) is 0.436. The molecule has 0 atom stereocenters. The molecule has 0 amide bonds. The lowest BCUT2D eigenvalue weighted by Gasteiger charge is -1.75. The molecule has 0 unspecified atom stereocenters. The Hall–Kier alpha value is -0.990. The summed E-state index contributed by atoms with van der Waals surface area (Å²) < 4.78 is 4.66. The van der Waals surface area contributed by atoms with Crippen molar-refractivity contribution in [3.63, 3.8) is 0 Å². The minimum Gasteiger partial charge on any atom is -0.384 e. The number of aromatic nitrogens is 1. The first kappa shape index (κ1) is 9.01. The Labute approximate surface area is 60.0 Å². The van der Waals surface area contributed by atoms with Gasteiger partial charge in [0.05, 0.1) is 5.56 Å². The first-order valence-electron chi connectivity index (χ1n) is 3.36. The van der Waals surface area contributed by atoms with Gasteiger partial charge in [-0.2, -0.15) is 5.16 Å². The number of hydrogen-bond acceptors (Lipinski definition) is 2. The second-order valence-electron chi connectivity index (χ2n) is 1.71. The molecule has 1 heterocycles. The van der Waals surface area contributed by atoms with Crippen LogP contribution in [0.25, 0.3) is 0 Å². The molecule has 0 aliphatic rings. The molecule has 0 saturated heterocycles. The standard InChI is InChI=1S/C5H7NO2.C2H6/c1-3-4(2)8-6-5(3)7;1-2/h1-2H3,(H,6,7);1-2H3. The average molecular weight is 143 g/mol. The van der Waals surface area contributed by atoms with Gasteiger partial charge in [0.15, 0.2) is 0 Å². The van der Waals surface area contributed by atoms with E-state index in [-0.39, 0.29) is 5.56 Å². The van der Waals surface area contributed by atoms with E-state index in [9.17, 15) is 4.79 Å². The Morgan fingerprint density at radius 3 is 1.90 bits per heavy atom. The Morgan fingerprint density at radius 2 is 1.80 bits per heavy atom. The summed E-state index contributed by atoms with van der Waals surface area (Å²) in [6.45, 7) is 7.46. The summed E-state index contributed by atoms with van der Waals surface area (Å²) in [6, 6.07) is 0. The summed E-state index contributed by atoms with van der Waals surface area (Å²) >= 11 is 0. The highest BCUT2D eigenvalue weighted by atomic mass is 16.5. The lowest BCUT2D eigenvalue weighted by Crippen LogP contribution is -2.00. The molecule has 0 spiro atoms. The fraction of sp³-hybridized carbons (Fsp3) is 0.571. The lowest BCUT2D eigenvalue weighted by molar-refractivity contribution is 0.391. The van der Waals surface area contributed by atoms with E-state index < -0.39 is 0 Å². The lowest BCUT2D eigenvalue weighted by atomic mass is 10.3. The molecule has 10 heavy (non-hydrogen) atoms. The molecule has 1 rings (SSSR count). The highest BCUT2D eigenvalue weighted by molar-refractivity contribution is 5.07. The van der Waals surface area contributed by atoms with Crippen LogP contribution in [0.1, 0.15) is 25.2 Å². The smallest absolute Gasteiger partial charge is 0.283 e. The van der Waals surface area contributed by atoms with E-state index in [4.69, 9.17) is 0 Å². The van der Waals surface area contributed by atoms with Crippen molar-refractivity contribution in [2.75, 3.05) is 0 Å². The average Bonchev–Trinajstić information content (AvgIpc) is 2.25. The van der Waals surface area contributed by atoms with Gasteiger partial charge < -0.3 is 4.52 Å². The van der Waals surface area contributed by atoms with Gasteiger partial charge in [-0.15, -0.1) is 0 Å². The third-order valence-corrected chi connectivity index (χ3v) is 1.17. The molecule has 1 N–H and O–H groups in total. The summed E-state index contributed by atoms with van der Waals surface area (Å²) in [5, 5.41) is 2.21. The zero-order valence-corrected chi connectivity index (χ0v) is 6.82. The number of aromatic amines is 1. The van der Waals surface area contributed by atoms with Gasteiger partial charge >= 0.3 is 0 Å².